The highest BCUT2D eigenvalue weighted by molar-refractivity contribution is 5.94. The van der Waals surface area contributed by atoms with Gasteiger partial charge in [-0.1, -0.05) is 0 Å². The van der Waals surface area contributed by atoms with Crippen LogP contribution in [0.5, 0.6) is 0 Å². The molecule has 1 saturated heterocycles. The minimum absolute atomic E-state index is 0.0491. The minimum atomic E-state index is -0.948. The summed E-state index contributed by atoms with van der Waals surface area (Å²) < 4.78 is 26.5. The Morgan fingerprint density at radius 2 is 1.93 bits per heavy atom. The number of hydrogen-bond acceptors (Lipinski definition) is 5. The summed E-state index contributed by atoms with van der Waals surface area (Å²) in [6.07, 6.45) is 1.70. The number of carbonyl (C=O) groups excluding carboxylic acids is 2. The Morgan fingerprint density at radius 1 is 1.17 bits per heavy atom. The standard InChI is InChI=1S/C20H19F2N5O2/c21-15-3-4-16(17(22)12-15)20(29)25-7-5-18(28)26-8-10-27(11-9-26)19-14(13-23)2-1-6-24-19/h1-4,6,12H,5,7-11H2,(H,25,29). The van der Waals surface area contributed by atoms with Crippen LogP contribution in [0.3, 0.4) is 0 Å². The van der Waals surface area contributed by atoms with Crippen LogP contribution in [0.4, 0.5) is 14.6 Å². The number of halogens is 2. The van der Waals surface area contributed by atoms with Crippen LogP contribution in [0.25, 0.3) is 0 Å². The molecule has 0 atom stereocenters. The summed E-state index contributed by atoms with van der Waals surface area (Å²) in [5.41, 5.74) is 0.221. The number of pyridine rings is 1. The van der Waals surface area contributed by atoms with E-state index in [9.17, 15) is 23.6 Å². The molecule has 2 aromatic rings. The van der Waals surface area contributed by atoms with E-state index in [1.54, 1.807) is 23.2 Å². The molecule has 1 aromatic heterocycles. The number of rotatable bonds is 5. The summed E-state index contributed by atoms with van der Waals surface area (Å²) in [5, 5.41) is 11.7. The molecule has 1 aliphatic heterocycles. The van der Waals surface area contributed by atoms with Crippen molar-refractivity contribution >= 4 is 17.6 Å². The molecule has 2 amide bonds. The molecule has 150 valence electrons. The van der Waals surface area contributed by atoms with Crippen molar-refractivity contribution < 1.29 is 18.4 Å². The van der Waals surface area contributed by atoms with E-state index >= 15 is 0 Å². The molecule has 7 nitrogen and oxygen atoms in total. The second kappa shape index (κ2) is 9.10. The van der Waals surface area contributed by atoms with Gasteiger partial charge >= 0.3 is 0 Å². The Morgan fingerprint density at radius 3 is 2.62 bits per heavy atom. The van der Waals surface area contributed by atoms with Crippen molar-refractivity contribution in [3.05, 3.63) is 59.3 Å². The van der Waals surface area contributed by atoms with E-state index in [2.05, 4.69) is 16.4 Å². The fourth-order valence-electron chi connectivity index (χ4n) is 3.11. The Kier molecular flexibility index (Phi) is 6.34. The average molecular weight is 399 g/mol. The van der Waals surface area contributed by atoms with Gasteiger partial charge in [0, 0.05) is 51.4 Å². The fourth-order valence-corrected chi connectivity index (χ4v) is 3.11. The van der Waals surface area contributed by atoms with Crippen LogP contribution in [-0.4, -0.2) is 54.4 Å². The van der Waals surface area contributed by atoms with Crippen LogP contribution in [0, 0.1) is 23.0 Å². The number of nitriles is 1. The van der Waals surface area contributed by atoms with Crippen molar-refractivity contribution in [2.24, 2.45) is 0 Å². The molecular weight excluding hydrogens is 380 g/mol. The molecule has 0 radical (unpaired) electrons. The summed E-state index contributed by atoms with van der Waals surface area (Å²) in [5.74, 6) is -1.93. The van der Waals surface area contributed by atoms with Gasteiger partial charge in [0.05, 0.1) is 11.1 Å². The number of anilines is 1. The van der Waals surface area contributed by atoms with Crippen LogP contribution in [0.15, 0.2) is 36.5 Å². The first-order valence-corrected chi connectivity index (χ1v) is 9.10. The van der Waals surface area contributed by atoms with Crippen molar-refractivity contribution in [3.8, 4) is 6.07 Å². The SMILES string of the molecule is N#Cc1cccnc1N1CCN(C(=O)CCNC(=O)c2ccc(F)cc2F)CC1. The lowest BCUT2D eigenvalue weighted by Gasteiger charge is -2.35. The second-order valence-electron chi connectivity index (χ2n) is 6.48. The summed E-state index contributed by atoms with van der Waals surface area (Å²) in [6.45, 7) is 2.09. The van der Waals surface area contributed by atoms with Crippen molar-refractivity contribution in [1.29, 1.82) is 5.26 Å². The van der Waals surface area contributed by atoms with E-state index in [1.807, 2.05) is 4.90 Å². The minimum Gasteiger partial charge on any atom is -0.352 e. The van der Waals surface area contributed by atoms with Gasteiger partial charge in [0.25, 0.3) is 5.91 Å². The molecule has 0 spiro atoms. The molecule has 0 saturated carbocycles. The lowest BCUT2D eigenvalue weighted by molar-refractivity contribution is -0.131. The van der Waals surface area contributed by atoms with Crippen LogP contribution in [0.1, 0.15) is 22.3 Å². The zero-order chi connectivity index (χ0) is 20.8. The van der Waals surface area contributed by atoms with E-state index < -0.39 is 17.5 Å². The predicted octanol–water partition coefficient (Wildman–Crippen LogP) is 1.70. The van der Waals surface area contributed by atoms with Gasteiger partial charge < -0.3 is 15.1 Å². The Labute approximate surface area is 166 Å². The van der Waals surface area contributed by atoms with Gasteiger partial charge in [-0.25, -0.2) is 13.8 Å². The van der Waals surface area contributed by atoms with Crippen LogP contribution in [-0.2, 0) is 4.79 Å². The molecular formula is C20H19F2N5O2. The topological polar surface area (TPSA) is 89.3 Å². The zero-order valence-corrected chi connectivity index (χ0v) is 15.6. The number of benzene rings is 1. The van der Waals surface area contributed by atoms with Gasteiger partial charge in [-0.2, -0.15) is 5.26 Å². The van der Waals surface area contributed by atoms with Gasteiger partial charge in [-0.05, 0) is 24.3 Å². The number of amides is 2. The summed E-state index contributed by atoms with van der Waals surface area (Å²) in [7, 11) is 0. The Balaban J connectivity index is 1.46. The molecule has 0 aliphatic carbocycles. The summed E-state index contributed by atoms with van der Waals surface area (Å²) >= 11 is 0. The third-order valence-electron chi connectivity index (χ3n) is 4.64. The van der Waals surface area contributed by atoms with Gasteiger partial charge in [-0.15, -0.1) is 0 Å². The Bertz CT molecular complexity index is 952. The van der Waals surface area contributed by atoms with Gasteiger partial charge in [0.2, 0.25) is 5.91 Å². The van der Waals surface area contributed by atoms with Crippen molar-refractivity contribution in [2.75, 3.05) is 37.6 Å². The van der Waals surface area contributed by atoms with E-state index in [-0.39, 0.29) is 24.4 Å². The van der Waals surface area contributed by atoms with Crippen LogP contribution < -0.4 is 10.2 Å². The lowest BCUT2D eigenvalue weighted by Crippen LogP contribution is -2.49. The van der Waals surface area contributed by atoms with Gasteiger partial charge in [0.15, 0.2) is 0 Å². The van der Waals surface area contributed by atoms with Crippen LogP contribution >= 0.6 is 0 Å². The maximum atomic E-state index is 13.6. The molecule has 29 heavy (non-hydrogen) atoms. The third kappa shape index (κ3) is 4.85. The summed E-state index contributed by atoms with van der Waals surface area (Å²) in [4.78, 5) is 32.2. The highest BCUT2D eigenvalue weighted by atomic mass is 19.1. The van der Waals surface area contributed by atoms with E-state index in [1.165, 1.54) is 0 Å². The molecule has 1 aromatic carbocycles. The number of nitrogens with zero attached hydrogens (tertiary/aromatic N) is 4. The molecule has 2 heterocycles. The van der Waals surface area contributed by atoms with E-state index in [0.29, 0.717) is 43.6 Å². The molecule has 1 aliphatic rings. The predicted molar refractivity (Wildman–Crippen MR) is 101 cm³/mol. The average Bonchev–Trinajstić information content (AvgIpc) is 2.73. The zero-order valence-electron chi connectivity index (χ0n) is 15.6. The monoisotopic (exact) mass is 399 g/mol. The molecule has 0 unspecified atom stereocenters. The van der Waals surface area contributed by atoms with Crippen LogP contribution in [0.2, 0.25) is 0 Å². The van der Waals surface area contributed by atoms with Crippen molar-refractivity contribution in [3.63, 3.8) is 0 Å². The molecule has 3 rings (SSSR count). The molecule has 1 N–H and O–H groups in total. The van der Waals surface area contributed by atoms with E-state index in [4.69, 9.17) is 0 Å². The van der Waals surface area contributed by atoms with Crippen molar-refractivity contribution in [1.82, 2.24) is 15.2 Å². The normalized spacial score (nSPS) is 13.7. The Hall–Kier alpha value is -3.54. The number of nitrogens with one attached hydrogen (secondary N) is 1. The van der Waals surface area contributed by atoms with Gasteiger partial charge in [-0.3, -0.25) is 9.59 Å². The first-order valence-electron chi connectivity index (χ1n) is 9.10. The largest absolute Gasteiger partial charge is 0.352 e. The van der Waals surface area contributed by atoms with Crippen molar-refractivity contribution in [2.45, 2.75) is 6.42 Å². The quantitative estimate of drug-likeness (QED) is 0.827. The molecule has 0 bridgehead atoms. The number of piperazine rings is 1. The van der Waals surface area contributed by atoms with E-state index in [0.717, 1.165) is 12.1 Å². The maximum absolute atomic E-state index is 13.6. The lowest BCUT2D eigenvalue weighted by atomic mass is 10.2. The first kappa shape index (κ1) is 20.2. The number of hydrogen-bond donors (Lipinski definition) is 1. The number of aromatic nitrogens is 1. The molecule has 9 heteroatoms. The first-order chi connectivity index (χ1) is 14.0. The fraction of sp³-hybridized carbons (Fsp3) is 0.300. The summed E-state index contributed by atoms with van der Waals surface area (Å²) in [6, 6.07) is 8.22. The highest BCUT2D eigenvalue weighted by Crippen LogP contribution is 2.18. The number of carbonyl (C=O) groups is 2. The van der Waals surface area contributed by atoms with Gasteiger partial charge in [0.1, 0.15) is 23.5 Å². The second-order valence-corrected chi connectivity index (χ2v) is 6.48. The smallest absolute Gasteiger partial charge is 0.254 e. The molecule has 1 fully saturated rings. The maximum Gasteiger partial charge on any atom is 0.254 e. The third-order valence-corrected chi connectivity index (χ3v) is 4.64. The highest BCUT2D eigenvalue weighted by Gasteiger charge is 2.23.